The maximum atomic E-state index is 4.21. The van der Waals surface area contributed by atoms with Crippen LogP contribution < -0.4 is 5.32 Å². The van der Waals surface area contributed by atoms with Crippen molar-refractivity contribution in [3.63, 3.8) is 0 Å². The fourth-order valence-corrected chi connectivity index (χ4v) is 2.44. The van der Waals surface area contributed by atoms with Crippen LogP contribution in [0.5, 0.6) is 0 Å². The van der Waals surface area contributed by atoms with Crippen LogP contribution in [0.2, 0.25) is 0 Å². The standard InChI is InChI=1S/C16H20N6/c1-13-5-3-6-14(2)16(13)17-11-15-12-22(20-19-15)10-9-21-8-4-7-18-21/h3-8,12,17H,9-11H2,1-2H3. The monoisotopic (exact) mass is 296 g/mol. The van der Waals surface area contributed by atoms with Gasteiger partial charge in [0.05, 0.1) is 25.8 Å². The first-order valence-corrected chi connectivity index (χ1v) is 7.39. The van der Waals surface area contributed by atoms with Gasteiger partial charge in [-0.05, 0) is 31.0 Å². The largest absolute Gasteiger partial charge is 0.379 e. The number of para-hydroxylation sites is 1. The minimum Gasteiger partial charge on any atom is -0.379 e. The molecular weight excluding hydrogens is 276 g/mol. The van der Waals surface area contributed by atoms with Gasteiger partial charge < -0.3 is 5.32 Å². The predicted octanol–water partition coefficient (Wildman–Crippen LogP) is 2.40. The van der Waals surface area contributed by atoms with Gasteiger partial charge in [0.15, 0.2) is 0 Å². The Kier molecular flexibility index (Phi) is 4.18. The Morgan fingerprint density at radius 3 is 2.55 bits per heavy atom. The second kappa shape index (κ2) is 6.43. The number of nitrogens with one attached hydrogen (secondary N) is 1. The Labute approximate surface area is 129 Å². The molecule has 0 bridgehead atoms. The molecule has 1 aromatic carbocycles. The van der Waals surface area contributed by atoms with Gasteiger partial charge in [0.2, 0.25) is 0 Å². The Hall–Kier alpha value is -2.63. The van der Waals surface area contributed by atoms with Crippen LogP contribution in [-0.4, -0.2) is 24.8 Å². The molecule has 6 heteroatoms. The molecule has 0 fully saturated rings. The number of aryl methyl sites for hydroxylation is 4. The minimum absolute atomic E-state index is 0.674. The van der Waals surface area contributed by atoms with Crippen molar-refractivity contribution in [2.24, 2.45) is 0 Å². The fourth-order valence-electron chi connectivity index (χ4n) is 2.44. The van der Waals surface area contributed by atoms with Gasteiger partial charge >= 0.3 is 0 Å². The average molecular weight is 296 g/mol. The van der Waals surface area contributed by atoms with E-state index in [-0.39, 0.29) is 0 Å². The molecule has 0 saturated heterocycles. The number of hydrogen-bond donors (Lipinski definition) is 1. The van der Waals surface area contributed by atoms with Crippen molar-refractivity contribution in [2.45, 2.75) is 33.5 Å². The molecule has 0 spiro atoms. The normalized spacial score (nSPS) is 10.8. The summed E-state index contributed by atoms with van der Waals surface area (Å²) in [5.74, 6) is 0. The highest BCUT2D eigenvalue weighted by Crippen LogP contribution is 2.19. The average Bonchev–Trinajstić information content (AvgIpc) is 3.16. The zero-order valence-electron chi connectivity index (χ0n) is 12.9. The van der Waals surface area contributed by atoms with Crippen LogP contribution in [-0.2, 0) is 19.6 Å². The maximum absolute atomic E-state index is 4.21. The van der Waals surface area contributed by atoms with Gasteiger partial charge in [-0.1, -0.05) is 23.4 Å². The summed E-state index contributed by atoms with van der Waals surface area (Å²) in [6, 6.07) is 8.20. The third-order valence-corrected chi connectivity index (χ3v) is 3.63. The van der Waals surface area contributed by atoms with E-state index in [1.165, 1.54) is 16.8 Å². The van der Waals surface area contributed by atoms with E-state index in [1.54, 1.807) is 6.20 Å². The zero-order valence-corrected chi connectivity index (χ0v) is 12.9. The van der Waals surface area contributed by atoms with Crippen LogP contribution in [0, 0.1) is 13.8 Å². The van der Waals surface area contributed by atoms with Crippen LogP contribution in [0.4, 0.5) is 5.69 Å². The molecule has 0 aliphatic carbocycles. The highest BCUT2D eigenvalue weighted by atomic mass is 15.4. The summed E-state index contributed by atoms with van der Waals surface area (Å²) >= 11 is 0. The third-order valence-electron chi connectivity index (χ3n) is 3.63. The maximum Gasteiger partial charge on any atom is 0.102 e. The molecule has 2 heterocycles. The van der Waals surface area contributed by atoms with E-state index < -0.39 is 0 Å². The summed E-state index contributed by atoms with van der Waals surface area (Å²) in [5, 5.41) is 16.0. The molecule has 0 saturated carbocycles. The molecule has 1 N–H and O–H groups in total. The predicted molar refractivity (Wildman–Crippen MR) is 85.5 cm³/mol. The second-order valence-corrected chi connectivity index (χ2v) is 5.36. The number of hydrogen-bond acceptors (Lipinski definition) is 4. The second-order valence-electron chi connectivity index (χ2n) is 5.36. The summed E-state index contributed by atoms with van der Waals surface area (Å²) in [6.45, 7) is 6.44. The zero-order chi connectivity index (χ0) is 15.4. The molecular formula is C16H20N6. The fraction of sp³-hybridized carbons (Fsp3) is 0.312. The SMILES string of the molecule is Cc1cccc(C)c1NCc1cn(CCn2cccn2)nn1. The van der Waals surface area contributed by atoms with Crippen molar-refractivity contribution in [1.82, 2.24) is 24.8 Å². The van der Waals surface area contributed by atoms with Gasteiger partial charge in [-0.3, -0.25) is 9.36 Å². The molecule has 3 aromatic rings. The van der Waals surface area contributed by atoms with Crippen LogP contribution in [0.3, 0.4) is 0 Å². The molecule has 0 unspecified atom stereocenters. The van der Waals surface area contributed by atoms with Gasteiger partial charge in [0.1, 0.15) is 5.69 Å². The number of benzene rings is 1. The Morgan fingerprint density at radius 1 is 1.05 bits per heavy atom. The van der Waals surface area contributed by atoms with Crippen LogP contribution in [0.1, 0.15) is 16.8 Å². The van der Waals surface area contributed by atoms with Crippen molar-refractivity contribution in [1.29, 1.82) is 0 Å². The summed E-state index contributed by atoms with van der Waals surface area (Å²) < 4.78 is 3.74. The minimum atomic E-state index is 0.674. The molecule has 0 atom stereocenters. The Bertz CT molecular complexity index is 709. The van der Waals surface area contributed by atoms with Gasteiger partial charge in [-0.15, -0.1) is 5.10 Å². The Morgan fingerprint density at radius 2 is 1.82 bits per heavy atom. The first-order valence-electron chi connectivity index (χ1n) is 7.39. The first kappa shape index (κ1) is 14.3. The lowest BCUT2D eigenvalue weighted by Crippen LogP contribution is -2.08. The van der Waals surface area contributed by atoms with E-state index in [1.807, 2.05) is 27.8 Å². The quantitative estimate of drug-likeness (QED) is 0.759. The Balaban J connectivity index is 1.57. The topological polar surface area (TPSA) is 60.6 Å². The van der Waals surface area contributed by atoms with E-state index in [9.17, 15) is 0 Å². The van der Waals surface area contributed by atoms with E-state index in [0.29, 0.717) is 6.54 Å². The van der Waals surface area contributed by atoms with E-state index in [4.69, 9.17) is 0 Å². The number of aromatic nitrogens is 5. The van der Waals surface area contributed by atoms with E-state index in [0.717, 1.165) is 18.8 Å². The molecule has 2 aromatic heterocycles. The van der Waals surface area contributed by atoms with E-state index in [2.05, 4.69) is 52.8 Å². The highest BCUT2D eigenvalue weighted by molar-refractivity contribution is 5.56. The molecule has 22 heavy (non-hydrogen) atoms. The number of anilines is 1. The van der Waals surface area contributed by atoms with E-state index >= 15 is 0 Å². The van der Waals surface area contributed by atoms with Gasteiger partial charge in [0.25, 0.3) is 0 Å². The molecule has 114 valence electrons. The summed E-state index contributed by atoms with van der Waals surface area (Å²) in [5.41, 5.74) is 4.59. The van der Waals surface area contributed by atoms with Crippen molar-refractivity contribution in [3.8, 4) is 0 Å². The number of nitrogens with zero attached hydrogens (tertiary/aromatic N) is 5. The molecule has 0 amide bonds. The highest BCUT2D eigenvalue weighted by Gasteiger charge is 2.04. The summed E-state index contributed by atoms with van der Waals surface area (Å²) in [4.78, 5) is 0. The van der Waals surface area contributed by atoms with Crippen LogP contribution in [0.25, 0.3) is 0 Å². The van der Waals surface area contributed by atoms with Crippen molar-refractivity contribution < 1.29 is 0 Å². The molecule has 3 rings (SSSR count). The molecule has 0 radical (unpaired) electrons. The van der Waals surface area contributed by atoms with Crippen LogP contribution in [0.15, 0.2) is 42.9 Å². The summed E-state index contributed by atoms with van der Waals surface area (Å²) in [7, 11) is 0. The lowest BCUT2D eigenvalue weighted by atomic mass is 10.1. The van der Waals surface area contributed by atoms with Crippen molar-refractivity contribution >= 4 is 5.69 Å². The smallest absolute Gasteiger partial charge is 0.102 e. The first-order chi connectivity index (χ1) is 10.7. The lowest BCUT2D eigenvalue weighted by Gasteiger charge is -2.10. The van der Waals surface area contributed by atoms with Crippen molar-refractivity contribution in [2.75, 3.05) is 5.32 Å². The number of rotatable bonds is 6. The van der Waals surface area contributed by atoms with Crippen LogP contribution >= 0.6 is 0 Å². The van der Waals surface area contributed by atoms with Crippen molar-refractivity contribution in [3.05, 3.63) is 59.7 Å². The third kappa shape index (κ3) is 3.33. The summed E-state index contributed by atoms with van der Waals surface area (Å²) in [6.07, 6.45) is 5.70. The molecule has 0 aliphatic rings. The van der Waals surface area contributed by atoms with Gasteiger partial charge in [-0.2, -0.15) is 5.10 Å². The molecule has 6 nitrogen and oxygen atoms in total. The van der Waals surface area contributed by atoms with Gasteiger partial charge in [0, 0.05) is 18.1 Å². The molecule has 0 aliphatic heterocycles. The van der Waals surface area contributed by atoms with Gasteiger partial charge in [-0.25, -0.2) is 0 Å². The lowest BCUT2D eigenvalue weighted by molar-refractivity contribution is 0.490.